The lowest BCUT2D eigenvalue weighted by atomic mass is 10.2. The van der Waals surface area contributed by atoms with Crippen molar-refractivity contribution < 1.29 is 17.9 Å². The number of amides is 1. The first-order chi connectivity index (χ1) is 10.9. The van der Waals surface area contributed by atoms with E-state index in [4.69, 9.17) is 10.5 Å². The quantitative estimate of drug-likeness (QED) is 0.570. The number of carbonyl (C=O) groups is 1. The number of nitrogens with two attached hydrogens (primary N) is 1. The van der Waals surface area contributed by atoms with Crippen molar-refractivity contribution in [3.8, 4) is 5.75 Å². The van der Waals surface area contributed by atoms with E-state index in [9.17, 15) is 13.2 Å². The first-order valence-corrected chi connectivity index (χ1v) is 9.54. The van der Waals surface area contributed by atoms with Crippen molar-refractivity contribution in [1.29, 1.82) is 0 Å². The van der Waals surface area contributed by atoms with E-state index in [2.05, 4.69) is 19.6 Å². The fourth-order valence-electron chi connectivity index (χ4n) is 2.49. The minimum Gasteiger partial charge on any atom is -0.494 e. The fourth-order valence-corrected chi connectivity index (χ4v) is 4.62. The van der Waals surface area contributed by atoms with Gasteiger partial charge in [0.05, 0.1) is 11.5 Å². The highest BCUT2D eigenvalue weighted by atomic mass is 32.2. The third-order valence-corrected chi connectivity index (χ3v) is 6.02. The summed E-state index contributed by atoms with van der Waals surface area (Å²) in [6, 6.07) is 5.37. The normalized spacial score (nSPS) is 22.2. The maximum absolute atomic E-state index is 12.7. The third-order valence-electron chi connectivity index (χ3n) is 3.76. The van der Waals surface area contributed by atoms with Crippen LogP contribution in [-0.2, 0) is 14.8 Å². The highest BCUT2D eigenvalue weighted by Gasteiger charge is 2.41. The second kappa shape index (κ2) is 7.55. The van der Waals surface area contributed by atoms with E-state index < -0.39 is 22.0 Å². The predicted octanol–water partition coefficient (Wildman–Crippen LogP) is 1.41. The van der Waals surface area contributed by atoms with Gasteiger partial charge in [-0.2, -0.15) is 16.9 Å². The van der Waals surface area contributed by atoms with Crippen molar-refractivity contribution in [3.63, 3.8) is 0 Å². The molecule has 6 nitrogen and oxygen atoms in total. The molecule has 0 saturated carbocycles. The number of sulfonamides is 1. The van der Waals surface area contributed by atoms with Crippen LogP contribution in [0, 0.1) is 0 Å². The maximum atomic E-state index is 12.7. The van der Waals surface area contributed by atoms with Gasteiger partial charge in [-0.05, 0) is 37.1 Å². The van der Waals surface area contributed by atoms with Gasteiger partial charge in [0.1, 0.15) is 11.8 Å². The molecule has 128 valence electrons. The lowest BCUT2D eigenvalue weighted by molar-refractivity contribution is -0.121. The standard InChI is InChI=1S/C15H22N2O4S2/c1-2-3-8-21-11-4-6-13(7-5-11)23(19,20)17-10-12(22)9-14(17)15(16)18/h4-7,12,14,22H,2-3,8-10H2,1H3,(H2,16,18). The molecule has 1 saturated heterocycles. The Bertz CT molecular complexity index is 646. The molecular formula is C15H22N2O4S2. The van der Waals surface area contributed by atoms with E-state index in [1.807, 2.05) is 0 Å². The fraction of sp³-hybridized carbons (Fsp3) is 0.533. The van der Waals surface area contributed by atoms with Crippen LogP contribution in [0.15, 0.2) is 29.2 Å². The van der Waals surface area contributed by atoms with Crippen molar-refractivity contribution in [2.45, 2.75) is 42.4 Å². The van der Waals surface area contributed by atoms with Crippen LogP contribution in [0.5, 0.6) is 5.75 Å². The molecule has 1 amide bonds. The van der Waals surface area contributed by atoms with Crippen molar-refractivity contribution in [1.82, 2.24) is 4.31 Å². The Labute approximate surface area is 142 Å². The average molecular weight is 358 g/mol. The van der Waals surface area contributed by atoms with Crippen molar-refractivity contribution >= 4 is 28.6 Å². The monoisotopic (exact) mass is 358 g/mol. The van der Waals surface area contributed by atoms with Crippen LogP contribution in [0.2, 0.25) is 0 Å². The van der Waals surface area contributed by atoms with Crippen LogP contribution >= 0.6 is 12.6 Å². The van der Waals surface area contributed by atoms with Gasteiger partial charge in [0, 0.05) is 11.8 Å². The lowest BCUT2D eigenvalue weighted by Crippen LogP contribution is -2.43. The molecule has 2 N–H and O–H groups in total. The molecule has 2 rings (SSSR count). The molecule has 1 aromatic rings. The van der Waals surface area contributed by atoms with E-state index in [1.54, 1.807) is 12.1 Å². The molecule has 1 fully saturated rings. The zero-order valence-electron chi connectivity index (χ0n) is 13.0. The molecule has 8 heteroatoms. The molecule has 1 aliphatic heterocycles. The molecule has 0 radical (unpaired) electrons. The van der Waals surface area contributed by atoms with Crippen LogP contribution in [0.4, 0.5) is 0 Å². The molecule has 0 spiro atoms. The molecule has 1 heterocycles. The number of hydrogen-bond acceptors (Lipinski definition) is 5. The van der Waals surface area contributed by atoms with E-state index in [1.165, 1.54) is 12.1 Å². The Morgan fingerprint density at radius 1 is 1.39 bits per heavy atom. The molecule has 2 unspecified atom stereocenters. The number of nitrogens with zero attached hydrogens (tertiary/aromatic N) is 1. The van der Waals surface area contributed by atoms with E-state index >= 15 is 0 Å². The first-order valence-electron chi connectivity index (χ1n) is 7.58. The van der Waals surface area contributed by atoms with Crippen LogP contribution in [0.25, 0.3) is 0 Å². The summed E-state index contributed by atoms with van der Waals surface area (Å²) in [5, 5.41) is -0.195. The summed E-state index contributed by atoms with van der Waals surface area (Å²) >= 11 is 4.28. The zero-order chi connectivity index (χ0) is 17.0. The number of hydrogen-bond donors (Lipinski definition) is 2. The van der Waals surface area contributed by atoms with Gasteiger partial charge >= 0.3 is 0 Å². The van der Waals surface area contributed by atoms with Gasteiger partial charge in [-0.1, -0.05) is 13.3 Å². The Kier molecular flexibility index (Phi) is 5.94. The summed E-state index contributed by atoms with van der Waals surface area (Å²) in [4.78, 5) is 11.6. The molecule has 23 heavy (non-hydrogen) atoms. The molecule has 0 bridgehead atoms. The Morgan fingerprint density at radius 3 is 2.61 bits per heavy atom. The number of thiol groups is 1. The molecule has 1 aliphatic rings. The van der Waals surface area contributed by atoms with Gasteiger partial charge in [0.25, 0.3) is 0 Å². The molecule has 1 aromatic carbocycles. The number of unbranched alkanes of at least 4 members (excludes halogenated alkanes) is 1. The number of primary amides is 1. The highest BCUT2D eigenvalue weighted by Crippen LogP contribution is 2.29. The molecular weight excluding hydrogens is 336 g/mol. The summed E-state index contributed by atoms with van der Waals surface area (Å²) in [7, 11) is -3.78. The highest BCUT2D eigenvalue weighted by molar-refractivity contribution is 7.89. The average Bonchev–Trinajstić information content (AvgIpc) is 2.91. The Morgan fingerprint density at radius 2 is 2.04 bits per heavy atom. The lowest BCUT2D eigenvalue weighted by Gasteiger charge is -2.21. The topological polar surface area (TPSA) is 89.7 Å². The number of rotatable bonds is 7. The predicted molar refractivity (Wildman–Crippen MR) is 91.1 cm³/mol. The zero-order valence-corrected chi connectivity index (χ0v) is 14.7. The SMILES string of the molecule is CCCCOc1ccc(S(=O)(=O)N2CC(S)CC2C(N)=O)cc1. The molecule has 2 atom stereocenters. The number of ether oxygens (including phenoxy) is 1. The van der Waals surface area contributed by atoms with Crippen LogP contribution in [-0.4, -0.2) is 43.1 Å². The maximum Gasteiger partial charge on any atom is 0.243 e. The minimum atomic E-state index is -3.78. The Balaban J connectivity index is 2.17. The summed E-state index contributed by atoms with van der Waals surface area (Å²) in [6.07, 6.45) is 2.30. The summed E-state index contributed by atoms with van der Waals surface area (Å²) in [5.41, 5.74) is 5.32. The summed E-state index contributed by atoms with van der Waals surface area (Å²) in [5.74, 6) is -0.0259. The van der Waals surface area contributed by atoms with Gasteiger partial charge in [-0.15, -0.1) is 0 Å². The van der Waals surface area contributed by atoms with Crippen molar-refractivity contribution in [2.75, 3.05) is 13.2 Å². The van der Waals surface area contributed by atoms with Gasteiger partial charge < -0.3 is 10.5 Å². The molecule has 0 aromatic heterocycles. The Hall–Kier alpha value is -1.25. The molecule has 0 aliphatic carbocycles. The van der Waals surface area contributed by atoms with Crippen LogP contribution in [0.1, 0.15) is 26.2 Å². The first kappa shape index (κ1) is 18.1. The minimum absolute atomic E-state index is 0.119. The van der Waals surface area contributed by atoms with Gasteiger partial charge in [-0.25, -0.2) is 8.42 Å². The smallest absolute Gasteiger partial charge is 0.243 e. The van der Waals surface area contributed by atoms with E-state index in [-0.39, 0.29) is 16.7 Å². The van der Waals surface area contributed by atoms with Gasteiger partial charge in [0.2, 0.25) is 15.9 Å². The number of carbonyl (C=O) groups excluding carboxylic acids is 1. The second-order valence-electron chi connectivity index (χ2n) is 5.56. The van der Waals surface area contributed by atoms with E-state index in [0.717, 1.165) is 17.1 Å². The largest absolute Gasteiger partial charge is 0.494 e. The van der Waals surface area contributed by atoms with Crippen molar-refractivity contribution in [3.05, 3.63) is 24.3 Å². The number of benzene rings is 1. The van der Waals surface area contributed by atoms with Crippen LogP contribution in [0.3, 0.4) is 0 Å². The van der Waals surface area contributed by atoms with Crippen molar-refractivity contribution in [2.24, 2.45) is 5.73 Å². The van der Waals surface area contributed by atoms with Gasteiger partial charge in [-0.3, -0.25) is 4.79 Å². The third kappa shape index (κ3) is 4.19. The second-order valence-corrected chi connectivity index (χ2v) is 8.18. The van der Waals surface area contributed by atoms with E-state index in [0.29, 0.717) is 18.8 Å². The van der Waals surface area contributed by atoms with Gasteiger partial charge in [0.15, 0.2) is 0 Å². The van der Waals surface area contributed by atoms with Crippen LogP contribution < -0.4 is 10.5 Å². The summed E-state index contributed by atoms with van der Waals surface area (Å²) in [6.45, 7) is 2.84. The summed E-state index contributed by atoms with van der Waals surface area (Å²) < 4.78 is 32.1.